The predicted molar refractivity (Wildman–Crippen MR) is 131 cm³/mol. The molecule has 6 nitrogen and oxygen atoms in total. The number of ether oxygens (including phenoxy) is 1. The maximum atomic E-state index is 12.8. The standard InChI is InChI=1S/C24H25BrN2O4S/c1-15(2)31-22-13-8-18(25)14-21(22)24(28)26-19-9-11-20(12-10-19)32(29,30)27-23-16(3)6-5-7-17(23)4/h5-15,27H,1-4H3,(H,26,28). The molecule has 8 heteroatoms. The first-order chi connectivity index (χ1) is 15.1. The molecule has 0 unspecified atom stereocenters. The van der Waals surface area contributed by atoms with E-state index >= 15 is 0 Å². The summed E-state index contributed by atoms with van der Waals surface area (Å²) in [6.45, 7) is 7.47. The van der Waals surface area contributed by atoms with E-state index in [1.54, 1.807) is 30.3 Å². The molecule has 0 bridgehead atoms. The van der Waals surface area contributed by atoms with Gasteiger partial charge < -0.3 is 10.1 Å². The van der Waals surface area contributed by atoms with Crippen LogP contribution in [0, 0.1) is 13.8 Å². The maximum Gasteiger partial charge on any atom is 0.261 e. The van der Waals surface area contributed by atoms with Crippen molar-refractivity contribution < 1.29 is 17.9 Å². The number of halogens is 1. The molecule has 0 spiro atoms. The first-order valence-corrected chi connectivity index (χ1v) is 12.3. The van der Waals surface area contributed by atoms with Crippen molar-refractivity contribution in [3.05, 3.63) is 81.8 Å². The van der Waals surface area contributed by atoms with Crippen molar-refractivity contribution in [3.8, 4) is 5.75 Å². The number of para-hydroxylation sites is 1. The van der Waals surface area contributed by atoms with Crippen LogP contribution in [0.15, 0.2) is 70.0 Å². The molecule has 0 atom stereocenters. The van der Waals surface area contributed by atoms with Crippen molar-refractivity contribution in [2.24, 2.45) is 0 Å². The van der Waals surface area contributed by atoms with E-state index in [1.165, 1.54) is 12.1 Å². The summed E-state index contributed by atoms with van der Waals surface area (Å²) in [6, 6.07) is 16.8. The zero-order chi connectivity index (χ0) is 23.5. The number of carbonyl (C=O) groups excluding carboxylic acids is 1. The summed E-state index contributed by atoms with van der Waals surface area (Å²) >= 11 is 3.38. The lowest BCUT2D eigenvalue weighted by molar-refractivity contribution is 0.102. The van der Waals surface area contributed by atoms with Gasteiger partial charge in [0.25, 0.3) is 15.9 Å². The number of hydrogen-bond donors (Lipinski definition) is 2. The van der Waals surface area contributed by atoms with E-state index in [4.69, 9.17) is 4.74 Å². The monoisotopic (exact) mass is 516 g/mol. The van der Waals surface area contributed by atoms with Gasteiger partial charge in [-0.05, 0) is 81.3 Å². The van der Waals surface area contributed by atoms with Gasteiger partial charge in [0.2, 0.25) is 0 Å². The summed E-state index contributed by atoms with van der Waals surface area (Å²) in [5.41, 5.74) is 3.09. The van der Waals surface area contributed by atoms with Crippen LogP contribution in [0.4, 0.5) is 11.4 Å². The molecular weight excluding hydrogens is 492 g/mol. The Balaban J connectivity index is 1.79. The highest BCUT2D eigenvalue weighted by molar-refractivity contribution is 9.10. The topological polar surface area (TPSA) is 84.5 Å². The molecule has 168 valence electrons. The van der Waals surface area contributed by atoms with Gasteiger partial charge in [0.1, 0.15) is 5.75 Å². The molecule has 1 amide bonds. The highest BCUT2D eigenvalue weighted by atomic mass is 79.9. The molecule has 0 fully saturated rings. The van der Waals surface area contributed by atoms with Crippen LogP contribution in [0.1, 0.15) is 35.3 Å². The number of anilines is 2. The third-order valence-electron chi connectivity index (χ3n) is 4.69. The molecule has 0 saturated carbocycles. The number of hydrogen-bond acceptors (Lipinski definition) is 4. The minimum absolute atomic E-state index is 0.0865. The van der Waals surface area contributed by atoms with E-state index in [0.717, 1.165) is 15.6 Å². The Hall–Kier alpha value is -2.84. The van der Waals surface area contributed by atoms with Crippen LogP contribution < -0.4 is 14.8 Å². The Morgan fingerprint density at radius 2 is 1.59 bits per heavy atom. The maximum absolute atomic E-state index is 12.8. The molecule has 2 N–H and O–H groups in total. The third-order valence-corrected chi connectivity index (χ3v) is 6.55. The quantitative estimate of drug-likeness (QED) is 0.408. The van der Waals surface area contributed by atoms with E-state index < -0.39 is 10.0 Å². The fraction of sp³-hybridized carbons (Fsp3) is 0.208. The van der Waals surface area contributed by atoms with Crippen LogP contribution in [-0.2, 0) is 10.0 Å². The summed E-state index contributed by atoms with van der Waals surface area (Å²) in [6.07, 6.45) is -0.0865. The molecule has 0 aromatic heterocycles. The van der Waals surface area contributed by atoms with Crippen molar-refractivity contribution in [1.82, 2.24) is 0 Å². The van der Waals surface area contributed by atoms with Gasteiger partial charge in [-0.3, -0.25) is 9.52 Å². The highest BCUT2D eigenvalue weighted by Crippen LogP contribution is 2.27. The van der Waals surface area contributed by atoms with Crippen LogP contribution in [0.3, 0.4) is 0 Å². The van der Waals surface area contributed by atoms with E-state index in [0.29, 0.717) is 22.7 Å². The van der Waals surface area contributed by atoms with Gasteiger partial charge in [-0.25, -0.2) is 8.42 Å². The predicted octanol–water partition coefficient (Wildman–Crippen LogP) is 5.91. The number of carbonyl (C=O) groups is 1. The summed E-state index contributed by atoms with van der Waals surface area (Å²) in [5.74, 6) is 0.115. The molecule has 32 heavy (non-hydrogen) atoms. The Kier molecular flexibility index (Phi) is 7.26. The minimum Gasteiger partial charge on any atom is -0.490 e. The van der Waals surface area contributed by atoms with E-state index in [9.17, 15) is 13.2 Å². The van der Waals surface area contributed by atoms with Crippen molar-refractivity contribution in [2.75, 3.05) is 10.0 Å². The van der Waals surface area contributed by atoms with Crippen LogP contribution >= 0.6 is 15.9 Å². The number of sulfonamides is 1. The van der Waals surface area contributed by atoms with E-state index in [2.05, 4.69) is 26.0 Å². The Labute approximate surface area is 197 Å². The smallest absolute Gasteiger partial charge is 0.261 e. The molecule has 0 heterocycles. The molecule has 0 radical (unpaired) electrons. The van der Waals surface area contributed by atoms with Gasteiger partial charge in [-0.15, -0.1) is 0 Å². The lowest BCUT2D eigenvalue weighted by Gasteiger charge is -2.15. The average molecular weight is 517 g/mol. The van der Waals surface area contributed by atoms with Crippen molar-refractivity contribution in [1.29, 1.82) is 0 Å². The molecule has 0 saturated heterocycles. The molecule has 0 aliphatic heterocycles. The second kappa shape index (κ2) is 9.75. The number of nitrogens with one attached hydrogen (secondary N) is 2. The normalized spacial score (nSPS) is 11.3. The largest absolute Gasteiger partial charge is 0.490 e. The summed E-state index contributed by atoms with van der Waals surface area (Å²) < 4.78 is 34.8. The van der Waals surface area contributed by atoms with Gasteiger partial charge in [-0.2, -0.15) is 0 Å². The average Bonchev–Trinajstić information content (AvgIpc) is 2.72. The van der Waals surface area contributed by atoms with Gasteiger partial charge in [0.15, 0.2) is 0 Å². The van der Waals surface area contributed by atoms with Crippen molar-refractivity contribution >= 4 is 43.2 Å². The van der Waals surface area contributed by atoms with Gasteiger partial charge in [0, 0.05) is 10.2 Å². The molecule has 3 rings (SSSR count). The summed E-state index contributed by atoms with van der Waals surface area (Å²) in [5, 5.41) is 2.79. The van der Waals surface area contributed by atoms with Crippen LogP contribution in [0.5, 0.6) is 5.75 Å². The Morgan fingerprint density at radius 1 is 0.969 bits per heavy atom. The second-order valence-electron chi connectivity index (χ2n) is 7.66. The molecule has 0 aliphatic rings. The Bertz CT molecular complexity index is 1220. The highest BCUT2D eigenvalue weighted by Gasteiger charge is 2.18. The van der Waals surface area contributed by atoms with E-state index in [1.807, 2.05) is 45.9 Å². The second-order valence-corrected chi connectivity index (χ2v) is 10.3. The zero-order valence-corrected chi connectivity index (χ0v) is 20.7. The third kappa shape index (κ3) is 5.69. The van der Waals surface area contributed by atoms with Crippen molar-refractivity contribution in [3.63, 3.8) is 0 Å². The van der Waals surface area contributed by atoms with Crippen LogP contribution in [-0.4, -0.2) is 20.4 Å². The van der Waals surface area contributed by atoms with E-state index in [-0.39, 0.29) is 16.9 Å². The van der Waals surface area contributed by atoms with Crippen molar-refractivity contribution in [2.45, 2.75) is 38.7 Å². The fourth-order valence-corrected chi connectivity index (χ4v) is 4.68. The molecule has 3 aromatic carbocycles. The van der Waals surface area contributed by atoms with Gasteiger partial charge in [-0.1, -0.05) is 34.1 Å². The van der Waals surface area contributed by atoms with Crippen LogP contribution in [0.25, 0.3) is 0 Å². The number of amides is 1. The number of aryl methyl sites for hydroxylation is 2. The molecule has 3 aromatic rings. The lowest BCUT2D eigenvalue weighted by Crippen LogP contribution is -2.16. The minimum atomic E-state index is -3.77. The first-order valence-electron chi connectivity index (χ1n) is 10.0. The van der Waals surface area contributed by atoms with Crippen LogP contribution in [0.2, 0.25) is 0 Å². The number of benzene rings is 3. The first kappa shape index (κ1) is 23.8. The fourth-order valence-electron chi connectivity index (χ4n) is 3.12. The zero-order valence-electron chi connectivity index (χ0n) is 18.3. The lowest BCUT2D eigenvalue weighted by atomic mass is 10.1. The van der Waals surface area contributed by atoms with Gasteiger partial charge in [0.05, 0.1) is 22.3 Å². The SMILES string of the molecule is Cc1cccc(C)c1NS(=O)(=O)c1ccc(NC(=O)c2cc(Br)ccc2OC(C)C)cc1. The molecule has 0 aliphatic carbocycles. The van der Waals surface area contributed by atoms with Gasteiger partial charge >= 0.3 is 0 Å². The summed E-state index contributed by atoms with van der Waals surface area (Å²) in [7, 11) is -3.77. The Morgan fingerprint density at radius 3 is 2.19 bits per heavy atom. The summed E-state index contributed by atoms with van der Waals surface area (Å²) in [4.78, 5) is 12.9. The molecular formula is C24H25BrN2O4S. The number of rotatable bonds is 7.